The first-order chi connectivity index (χ1) is 9.72. The van der Waals surface area contributed by atoms with E-state index in [4.69, 9.17) is 5.73 Å². The van der Waals surface area contributed by atoms with Gasteiger partial charge in [-0.2, -0.15) is 0 Å². The number of rotatable bonds is 4. The van der Waals surface area contributed by atoms with Gasteiger partial charge in [-0.25, -0.2) is 0 Å². The third-order valence-electron chi connectivity index (χ3n) is 3.75. The Labute approximate surface area is 121 Å². The van der Waals surface area contributed by atoms with Crippen LogP contribution in [0.15, 0.2) is 18.2 Å². The summed E-state index contributed by atoms with van der Waals surface area (Å²) in [6.45, 7) is 4.80. The van der Waals surface area contributed by atoms with Crippen molar-refractivity contribution in [3.63, 3.8) is 0 Å². The van der Waals surface area contributed by atoms with Crippen molar-refractivity contribution in [2.75, 3.05) is 30.3 Å². The number of carbonyl (C=O) groups excluding carboxylic acids is 1. The zero-order chi connectivity index (χ0) is 14.4. The number of carbonyl (C=O) groups is 1. The molecule has 1 aromatic rings. The van der Waals surface area contributed by atoms with Gasteiger partial charge in [0.15, 0.2) is 0 Å². The summed E-state index contributed by atoms with van der Waals surface area (Å²) in [5.74, 6) is -0.0154. The van der Waals surface area contributed by atoms with E-state index in [0.29, 0.717) is 17.8 Å². The lowest BCUT2D eigenvalue weighted by Crippen LogP contribution is -2.30. The average Bonchev–Trinajstić information content (AvgIpc) is 2.73. The van der Waals surface area contributed by atoms with E-state index in [2.05, 4.69) is 17.1 Å². The van der Waals surface area contributed by atoms with E-state index in [1.54, 1.807) is 6.07 Å². The Morgan fingerprint density at radius 1 is 1.25 bits per heavy atom. The van der Waals surface area contributed by atoms with Crippen molar-refractivity contribution < 1.29 is 4.79 Å². The monoisotopic (exact) mass is 275 g/mol. The molecule has 3 N–H and O–H groups in total. The van der Waals surface area contributed by atoms with Gasteiger partial charge in [0.25, 0.3) is 5.91 Å². The van der Waals surface area contributed by atoms with Gasteiger partial charge in [0, 0.05) is 31.0 Å². The standard InChI is InChI=1S/C16H25N3O/c1-2-9-18-16(20)14-12-13(17)7-8-15(14)19-10-5-3-4-6-11-19/h7-8,12H,2-6,9-11,17H2,1H3,(H,18,20). The number of nitrogen functional groups attached to an aromatic ring is 1. The van der Waals surface area contributed by atoms with Gasteiger partial charge in [-0.3, -0.25) is 4.79 Å². The summed E-state index contributed by atoms with van der Waals surface area (Å²) in [6.07, 6.45) is 5.89. The van der Waals surface area contributed by atoms with Gasteiger partial charge in [-0.1, -0.05) is 19.8 Å². The lowest BCUT2D eigenvalue weighted by atomic mass is 10.1. The van der Waals surface area contributed by atoms with Crippen LogP contribution in [0.1, 0.15) is 49.4 Å². The molecule has 0 aliphatic carbocycles. The second-order valence-corrected chi connectivity index (χ2v) is 5.43. The molecule has 1 amide bonds. The molecule has 20 heavy (non-hydrogen) atoms. The highest BCUT2D eigenvalue weighted by Gasteiger charge is 2.17. The number of hydrogen-bond acceptors (Lipinski definition) is 3. The van der Waals surface area contributed by atoms with Crippen LogP contribution in [0.25, 0.3) is 0 Å². The van der Waals surface area contributed by atoms with Crippen LogP contribution in [-0.4, -0.2) is 25.5 Å². The summed E-state index contributed by atoms with van der Waals surface area (Å²) in [5.41, 5.74) is 8.23. The predicted octanol–water partition coefficient (Wildman–Crippen LogP) is 2.79. The highest BCUT2D eigenvalue weighted by molar-refractivity contribution is 6.00. The van der Waals surface area contributed by atoms with Crippen molar-refractivity contribution in [1.82, 2.24) is 5.32 Å². The van der Waals surface area contributed by atoms with Gasteiger partial charge in [0.05, 0.1) is 5.56 Å². The van der Waals surface area contributed by atoms with Gasteiger partial charge >= 0.3 is 0 Å². The first-order valence-corrected chi connectivity index (χ1v) is 7.65. The maximum atomic E-state index is 12.3. The molecule has 110 valence electrons. The minimum Gasteiger partial charge on any atom is -0.399 e. The van der Waals surface area contributed by atoms with Crippen molar-refractivity contribution in [2.24, 2.45) is 0 Å². The van der Waals surface area contributed by atoms with Crippen LogP contribution < -0.4 is 16.0 Å². The van der Waals surface area contributed by atoms with Gasteiger partial charge < -0.3 is 16.0 Å². The summed E-state index contributed by atoms with van der Waals surface area (Å²) in [4.78, 5) is 14.6. The van der Waals surface area contributed by atoms with E-state index >= 15 is 0 Å². The number of hydrogen-bond donors (Lipinski definition) is 2. The summed E-state index contributed by atoms with van der Waals surface area (Å²) < 4.78 is 0. The number of amides is 1. The van der Waals surface area contributed by atoms with E-state index in [9.17, 15) is 4.79 Å². The Hall–Kier alpha value is -1.71. The zero-order valence-corrected chi connectivity index (χ0v) is 12.3. The average molecular weight is 275 g/mol. The summed E-state index contributed by atoms with van der Waals surface area (Å²) in [7, 11) is 0. The van der Waals surface area contributed by atoms with Gasteiger partial charge in [0.1, 0.15) is 0 Å². The Morgan fingerprint density at radius 3 is 2.60 bits per heavy atom. The molecule has 0 radical (unpaired) electrons. The molecule has 0 atom stereocenters. The smallest absolute Gasteiger partial charge is 0.253 e. The molecule has 1 fully saturated rings. The topological polar surface area (TPSA) is 58.4 Å². The Morgan fingerprint density at radius 2 is 1.95 bits per heavy atom. The first-order valence-electron chi connectivity index (χ1n) is 7.65. The van der Waals surface area contributed by atoms with Gasteiger partial charge in [-0.05, 0) is 37.5 Å². The Kier molecular flexibility index (Phi) is 5.27. The van der Waals surface area contributed by atoms with Crippen molar-refractivity contribution in [3.8, 4) is 0 Å². The van der Waals surface area contributed by atoms with E-state index < -0.39 is 0 Å². The third-order valence-corrected chi connectivity index (χ3v) is 3.75. The van der Waals surface area contributed by atoms with Crippen molar-refractivity contribution >= 4 is 17.3 Å². The second kappa shape index (κ2) is 7.17. The number of nitrogens with two attached hydrogens (primary N) is 1. The van der Waals surface area contributed by atoms with Gasteiger partial charge in [-0.15, -0.1) is 0 Å². The van der Waals surface area contributed by atoms with E-state index in [-0.39, 0.29) is 5.91 Å². The highest BCUT2D eigenvalue weighted by Crippen LogP contribution is 2.26. The van der Waals surface area contributed by atoms with Crippen molar-refractivity contribution in [1.29, 1.82) is 0 Å². The molecular weight excluding hydrogens is 250 g/mol. The molecule has 2 rings (SSSR count). The van der Waals surface area contributed by atoms with Crippen LogP contribution in [0.4, 0.5) is 11.4 Å². The fourth-order valence-electron chi connectivity index (χ4n) is 2.66. The zero-order valence-electron chi connectivity index (χ0n) is 12.3. The maximum absolute atomic E-state index is 12.3. The molecule has 4 nitrogen and oxygen atoms in total. The lowest BCUT2D eigenvalue weighted by Gasteiger charge is -2.25. The van der Waals surface area contributed by atoms with Crippen molar-refractivity contribution in [2.45, 2.75) is 39.0 Å². The second-order valence-electron chi connectivity index (χ2n) is 5.43. The van der Waals surface area contributed by atoms with Crippen LogP contribution in [-0.2, 0) is 0 Å². The summed E-state index contributed by atoms with van der Waals surface area (Å²) in [5, 5.41) is 2.95. The molecule has 1 saturated heterocycles. The molecule has 0 aromatic heterocycles. The van der Waals surface area contributed by atoms with Crippen LogP contribution in [0.5, 0.6) is 0 Å². The fourth-order valence-corrected chi connectivity index (χ4v) is 2.66. The molecule has 1 aliphatic heterocycles. The molecule has 4 heteroatoms. The molecule has 1 aromatic carbocycles. The van der Waals surface area contributed by atoms with Crippen LogP contribution in [0.3, 0.4) is 0 Å². The largest absolute Gasteiger partial charge is 0.399 e. The fraction of sp³-hybridized carbons (Fsp3) is 0.562. The van der Waals surface area contributed by atoms with E-state index in [1.165, 1.54) is 25.7 Å². The minimum atomic E-state index is -0.0154. The van der Waals surface area contributed by atoms with E-state index in [1.807, 2.05) is 12.1 Å². The first kappa shape index (κ1) is 14.7. The van der Waals surface area contributed by atoms with E-state index in [0.717, 1.165) is 25.2 Å². The number of nitrogens with one attached hydrogen (secondary N) is 1. The molecule has 0 spiro atoms. The van der Waals surface area contributed by atoms with Gasteiger partial charge in [0.2, 0.25) is 0 Å². The third kappa shape index (κ3) is 3.65. The SMILES string of the molecule is CCCNC(=O)c1cc(N)ccc1N1CCCCCC1. The quantitative estimate of drug-likeness (QED) is 0.831. The molecular formula is C16H25N3O. The molecule has 0 bridgehead atoms. The number of anilines is 2. The van der Waals surface area contributed by atoms with Crippen molar-refractivity contribution in [3.05, 3.63) is 23.8 Å². The molecule has 0 unspecified atom stereocenters. The normalized spacial score (nSPS) is 15.8. The Balaban J connectivity index is 2.24. The number of nitrogens with zero attached hydrogens (tertiary/aromatic N) is 1. The molecule has 0 saturated carbocycles. The van der Waals surface area contributed by atoms with Crippen LogP contribution >= 0.6 is 0 Å². The minimum absolute atomic E-state index is 0.0154. The summed E-state index contributed by atoms with van der Waals surface area (Å²) >= 11 is 0. The maximum Gasteiger partial charge on any atom is 0.253 e. The highest BCUT2D eigenvalue weighted by atomic mass is 16.1. The predicted molar refractivity (Wildman–Crippen MR) is 84.2 cm³/mol. The lowest BCUT2D eigenvalue weighted by molar-refractivity contribution is 0.0954. The summed E-state index contributed by atoms with van der Waals surface area (Å²) in [6, 6.07) is 5.67. The molecule has 1 heterocycles. The number of benzene rings is 1. The Bertz CT molecular complexity index is 451. The molecule has 1 aliphatic rings. The van der Waals surface area contributed by atoms with Crippen LogP contribution in [0, 0.1) is 0 Å². The van der Waals surface area contributed by atoms with Crippen LogP contribution in [0.2, 0.25) is 0 Å².